The van der Waals surface area contributed by atoms with Crippen LogP contribution < -0.4 is 14.8 Å². The zero-order valence-corrected chi connectivity index (χ0v) is 26.1. The molecule has 0 aliphatic heterocycles. The Hall–Kier alpha value is -3.13. The summed E-state index contributed by atoms with van der Waals surface area (Å²) in [6, 6.07) is 13.6. The van der Waals surface area contributed by atoms with Gasteiger partial charge in [-0.05, 0) is 73.2 Å². The Morgan fingerprint density at radius 2 is 1.93 bits per heavy atom. The van der Waals surface area contributed by atoms with Crippen molar-refractivity contribution in [2.75, 3.05) is 33.4 Å². The van der Waals surface area contributed by atoms with Crippen LogP contribution in [-0.4, -0.2) is 84.7 Å². The maximum Gasteiger partial charge on any atom is 0.289 e. The molecule has 2 amide bonds. The summed E-state index contributed by atoms with van der Waals surface area (Å²) in [6.07, 6.45) is 0.0944. The van der Waals surface area contributed by atoms with E-state index in [1.54, 1.807) is 24.3 Å². The van der Waals surface area contributed by atoms with E-state index in [0.29, 0.717) is 41.1 Å². The van der Waals surface area contributed by atoms with Crippen LogP contribution >= 0.6 is 22.6 Å². The van der Waals surface area contributed by atoms with Gasteiger partial charge < -0.3 is 39.1 Å². The number of fused-ring (bicyclic) bond motifs is 1. The fourth-order valence-electron chi connectivity index (χ4n) is 4.88. The van der Waals surface area contributed by atoms with Crippen LogP contribution in [0.2, 0.25) is 0 Å². The average Bonchev–Trinajstić information content (AvgIpc) is 3.42. The van der Waals surface area contributed by atoms with Crippen LogP contribution in [0.15, 0.2) is 64.6 Å². The van der Waals surface area contributed by atoms with Crippen molar-refractivity contribution in [3.8, 4) is 11.5 Å². The molecule has 226 valence electrons. The van der Waals surface area contributed by atoms with Gasteiger partial charge in [-0.1, -0.05) is 24.3 Å². The lowest BCUT2D eigenvalue weighted by Gasteiger charge is -2.40. The summed E-state index contributed by atoms with van der Waals surface area (Å²) in [5.41, 5.74) is 0.789. The number of carbonyl (C=O) groups excluding carboxylic acids is 2. The fraction of sp³-hybridized carbons (Fsp3) is 0.419. The van der Waals surface area contributed by atoms with Crippen LogP contribution in [0, 0.1) is 3.57 Å². The summed E-state index contributed by atoms with van der Waals surface area (Å²) in [5.74, 6) is 0.287. The summed E-state index contributed by atoms with van der Waals surface area (Å²) in [5, 5.41) is 24.3. The molecule has 1 aliphatic carbocycles. The Morgan fingerprint density at radius 1 is 1.17 bits per heavy atom. The van der Waals surface area contributed by atoms with Crippen molar-refractivity contribution in [2.24, 2.45) is 0 Å². The number of ether oxygens (including phenoxy) is 3. The zero-order valence-electron chi connectivity index (χ0n) is 23.9. The minimum Gasteiger partial charge on any atom is -0.493 e. The predicted molar refractivity (Wildman–Crippen MR) is 166 cm³/mol. The summed E-state index contributed by atoms with van der Waals surface area (Å²) in [4.78, 5) is 28.7. The highest BCUT2D eigenvalue weighted by Gasteiger charge is 2.41. The second-order valence-corrected chi connectivity index (χ2v) is 11.4. The van der Waals surface area contributed by atoms with Crippen LogP contribution in [0.1, 0.15) is 37.2 Å². The van der Waals surface area contributed by atoms with Gasteiger partial charge in [0.15, 0.2) is 17.1 Å². The number of hydrogen-bond acceptors (Lipinski definition) is 8. The maximum absolute atomic E-state index is 14.1. The monoisotopic (exact) mass is 692 g/mol. The van der Waals surface area contributed by atoms with Crippen LogP contribution in [0.25, 0.3) is 11.0 Å². The summed E-state index contributed by atoms with van der Waals surface area (Å²) < 4.78 is 24.2. The molecule has 4 rings (SSSR count). The minimum absolute atomic E-state index is 0.0214. The molecule has 10 nitrogen and oxygen atoms in total. The second kappa shape index (κ2) is 14.9. The number of benzene rings is 2. The molecular formula is C31H37IN2O8. The van der Waals surface area contributed by atoms with Gasteiger partial charge in [-0.15, -0.1) is 0 Å². The first-order valence-corrected chi connectivity index (χ1v) is 15.0. The van der Waals surface area contributed by atoms with Gasteiger partial charge in [-0.25, -0.2) is 0 Å². The van der Waals surface area contributed by atoms with E-state index in [0.717, 1.165) is 3.57 Å². The second-order valence-electron chi connectivity index (χ2n) is 10.2. The molecule has 0 unspecified atom stereocenters. The van der Waals surface area contributed by atoms with Crippen LogP contribution in [-0.2, 0) is 9.53 Å². The van der Waals surface area contributed by atoms with Crippen molar-refractivity contribution in [1.82, 2.24) is 10.2 Å². The third-order valence-corrected chi connectivity index (χ3v) is 7.80. The van der Waals surface area contributed by atoms with E-state index in [4.69, 9.17) is 18.6 Å². The van der Waals surface area contributed by atoms with Gasteiger partial charge in [-0.3, -0.25) is 9.59 Å². The molecule has 42 heavy (non-hydrogen) atoms. The Balaban J connectivity index is 1.70. The maximum atomic E-state index is 14.1. The third-order valence-electron chi connectivity index (χ3n) is 6.91. The van der Waals surface area contributed by atoms with Gasteiger partial charge >= 0.3 is 0 Å². The highest BCUT2D eigenvalue weighted by atomic mass is 127. The smallest absolute Gasteiger partial charge is 0.289 e. The number of halogens is 1. The van der Waals surface area contributed by atoms with Crippen molar-refractivity contribution in [3.63, 3.8) is 0 Å². The first-order valence-electron chi connectivity index (χ1n) is 13.9. The lowest BCUT2D eigenvalue weighted by atomic mass is 9.88. The molecule has 0 fully saturated rings. The zero-order chi connectivity index (χ0) is 30.2. The van der Waals surface area contributed by atoms with E-state index in [1.165, 1.54) is 12.0 Å². The highest BCUT2D eigenvalue weighted by Crippen LogP contribution is 2.33. The number of hydrogen-bond donors (Lipinski definition) is 3. The van der Waals surface area contributed by atoms with E-state index in [1.807, 2.05) is 44.2 Å². The molecule has 0 spiro atoms. The number of nitrogens with zero attached hydrogens (tertiary/aromatic N) is 1. The summed E-state index contributed by atoms with van der Waals surface area (Å²) in [6.45, 7) is 4.36. The van der Waals surface area contributed by atoms with E-state index >= 15 is 0 Å². The van der Waals surface area contributed by atoms with E-state index in [-0.39, 0.29) is 38.0 Å². The third kappa shape index (κ3) is 7.63. The van der Waals surface area contributed by atoms with E-state index < -0.39 is 30.1 Å². The molecule has 2 aromatic carbocycles. The number of methoxy groups -OCH3 is 1. The number of carbonyl (C=O) groups is 2. The molecule has 3 atom stereocenters. The van der Waals surface area contributed by atoms with Gasteiger partial charge in [0.05, 0.1) is 29.4 Å². The Morgan fingerprint density at radius 3 is 2.64 bits per heavy atom. The fourth-order valence-corrected chi connectivity index (χ4v) is 5.40. The number of aliphatic hydroxyl groups is 2. The van der Waals surface area contributed by atoms with E-state index in [9.17, 15) is 19.8 Å². The molecule has 0 radical (unpaired) electrons. The standard InChI is InChI=1S/C31H37IN2O8/c1-19(2)40-15-7-13-34(31(38)27-17-20-8-6-11-25(39-3)29(20)42-27)23-16-21(30(37)33-12-14-35)18-26(28(23)36)41-24-10-5-4-9-22(24)32/h4-6,8-11,17-19,23,26,28,35-36H,7,12-16H2,1-3H3,(H,33,37)/t23-,26+,28+/m1/s1. The quantitative estimate of drug-likeness (QED) is 0.182. The lowest BCUT2D eigenvalue weighted by molar-refractivity contribution is -0.118. The van der Waals surface area contributed by atoms with Crippen molar-refractivity contribution < 1.29 is 38.4 Å². The molecular weight excluding hydrogens is 655 g/mol. The van der Waals surface area contributed by atoms with Crippen molar-refractivity contribution >= 4 is 45.4 Å². The number of aliphatic hydroxyl groups excluding tert-OH is 2. The molecule has 11 heteroatoms. The summed E-state index contributed by atoms with van der Waals surface area (Å²) in [7, 11) is 1.53. The molecule has 1 aliphatic rings. The SMILES string of the molecule is COc1cccc2cc(C(=O)N(CCCOC(C)C)[C@@H]3CC(C(=O)NCCO)=C[C@H](Oc4ccccc4I)[C@H]3O)oc12. The van der Waals surface area contributed by atoms with Crippen molar-refractivity contribution in [2.45, 2.75) is 51.0 Å². The number of furan rings is 1. The number of nitrogens with one attached hydrogen (secondary N) is 1. The summed E-state index contributed by atoms with van der Waals surface area (Å²) >= 11 is 2.14. The molecule has 1 heterocycles. The predicted octanol–water partition coefficient (Wildman–Crippen LogP) is 3.92. The molecule has 3 aromatic rings. The van der Waals surface area contributed by atoms with Crippen LogP contribution in [0.3, 0.4) is 0 Å². The van der Waals surface area contributed by atoms with Gasteiger partial charge in [0.1, 0.15) is 18.0 Å². The van der Waals surface area contributed by atoms with Gasteiger partial charge in [0.25, 0.3) is 5.91 Å². The number of amides is 2. The highest BCUT2D eigenvalue weighted by molar-refractivity contribution is 14.1. The Kier molecular flexibility index (Phi) is 11.2. The molecule has 0 bridgehead atoms. The Bertz CT molecular complexity index is 1400. The van der Waals surface area contributed by atoms with Crippen LogP contribution in [0.5, 0.6) is 11.5 Å². The first kappa shape index (κ1) is 31.8. The molecule has 3 N–H and O–H groups in total. The van der Waals surface area contributed by atoms with Crippen molar-refractivity contribution in [1.29, 1.82) is 0 Å². The molecule has 1 aromatic heterocycles. The van der Waals surface area contributed by atoms with Gasteiger partial charge in [0, 0.05) is 37.1 Å². The minimum atomic E-state index is -1.16. The topological polar surface area (TPSA) is 131 Å². The van der Waals surface area contributed by atoms with E-state index in [2.05, 4.69) is 27.9 Å². The molecule has 0 saturated heterocycles. The normalized spacial score (nSPS) is 18.5. The average molecular weight is 693 g/mol. The molecule has 0 saturated carbocycles. The number of rotatable bonds is 13. The largest absolute Gasteiger partial charge is 0.493 e. The first-order chi connectivity index (χ1) is 20.2. The van der Waals surface area contributed by atoms with Gasteiger partial charge in [-0.2, -0.15) is 0 Å². The number of para-hydroxylation sites is 2. The van der Waals surface area contributed by atoms with Crippen molar-refractivity contribution in [3.05, 3.63) is 69.5 Å². The van der Waals surface area contributed by atoms with Crippen LogP contribution in [0.4, 0.5) is 0 Å². The Labute approximate surface area is 258 Å². The van der Waals surface area contributed by atoms with Gasteiger partial charge in [0.2, 0.25) is 5.91 Å². The lowest BCUT2D eigenvalue weighted by Crippen LogP contribution is -2.55.